The molecule has 5 heteroatoms. The Bertz CT molecular complexity index is 379. The van der Waals surface area contributed by atoms with E-state index in [1.165, 1.54) is 6.42 Å². The van der Waals surface area contributed by atoms with E-state index in [1.807, 2.05) is 6.33 Å². The van der Waals surface area contributed by atoms with E-state index in [0.717, 1.165) is 32.0 Å². The van der Waals surface area contributed by atoms with E-state index in [9.17, 15) is 0 Å². The van der Waals surface area contributed by atoms with Crippen LogP contribution in [0.2, 0.25) is 0 Å². The van der Waals surface area contributed by atoms with Gasteiger partial charge in [-0.2, -0.15) is 0 Å². The van der Waals surface area contributed by atoms with Gasteiger partial charge < -0.3 is 9.88 Å². The maximum absolute atomic E-state index is 4.16. The highest BCUT2D eigenvalue weighted by molar-refractivity contribution is 4.91. The lowest BCUT2D eigenvalue weighted by molar-refractivity contribution is 0.153. The molecule has 1 aromatic rings. The molecule has 5 nitrogen and oxygen atoms in total. The summed E-state index contributed by atoms with van der Waals surface area (Å²) < 4.78 is 2.15. The predicted octanol–water partition coefficient (Wildman–Crippen LogP) is 1.26. The third kappa shape index (κ3) is 3.53. The van der Waals surface area contributed by atoms with Gasteiger partial charge in [0, 0.05) is 24.7 Å². The van der Waals surface area contributed by atoms with Crippen molar-refractivity contribution in [2.75, 3.05) is 13.1 Å². The third-order valence-electron chi connectivity index (χ3n) is 3.51. The van der Waals surface area contributed by atoms with Gasteiger partial charge in [-0.15, -0.1) is 10.2 Å². The summed E-state index contributed by atoms with van der Waals surface area (Å²) in [7, 11) is 0. The van der Waals surface area contributed by atoms with Crippen molar-refractivity contribution in [3.05, 3.63) is 12.2 Å². The van der Waals surface area contributed by atoms with Crippen LogP contribution in [0.25, 0.3) is 0 Å². The molecule has 1 atom stereocenters. The van der Waals surface area contributed by atoms with Crippen molar-refractivity contribution >= 4 is 0 Å². The van der Waals surface area contributed by atoms with Crippen molar-refractivity contribution in [1.82, 2.24) is 25.0 Å². The molecule has 0 bridgehead atoms. The first-order valence-electron chi connectivity index (χ1n) is 6.81. The summed E-state index contributed by atoms with van der Waals surface area (Å²) in [5.41, 5.74) is 0.210. The van der Waals surface area contributed by atoms with Gasteiger partial charge in [-0.25, -0.2) is 0 Å². The monoisotopic (exact) mass is 251 g/mol. The van der Waals surface area contributed by atoms with Crippen LogP contribution < -0.4 is 5.32 Å². The molecule has 0 aliphatic carbocycles. The summed E-state index contributed by atoms with van der Waals surface area (Å²) in [4.78, 5) is 2.49. The molecular weight excluding hydrogens is 226 g/mol. The first-order chi connectivity index (χ1) is 8.46. The Labute approximate surface area is 110 Å². The number of fused-ring (bicyclic) bond motifs is 1. The maximum Gasteiger partial charge on any atom is 0.147 e. The van der Waals surface area contributed by atoms with Gasteiger partial charge in [0.25, 0.3) is 0 Å². The van der Waals surface area contributed by atoms with Crippen molar-refractivity contribution in [2.24, 2.45) is 0 Å². The molecule has 1 N–H and O–H groups in total. The molecule has 2 heterocycles. The molecule has 0 saturated heterocycles. The van der Waals surface area contributed by atoms with Crippen LogP contribution in [0.3, 0.4) is 0 Å². The molecule has 2 rings (SSSR count). The predicted molar refractivity (Wildman–Crippen MR) is 72.3 cm³/mol. The van der Waals surface area contributed by atoms with Gasteiger partial charge in [0.2, 0.25) is 0 Å². The van der Waals surface area contributed by atoms with Crippen molar-refractivity contribution in [3.8, 4) is 0 Å². The Morgan fingerprint density at radius 3 is 2.89 bits per heavy atom. The molecule has 0 aromatic carbocycles. The summed E-state index contributed by atoms with van der Waals surface area (Å²) >= 11 is 0. The zero-order valence-corrected chi connectivity index (χ0v) is 12.0. The van der Waals surface area contributed by atoms with Crippen molar-refractivity contribution in [3.63, 3.8) is 0 Å². The van der Waals surface area contributed by atoms with Crippen LogP contribution in [0, 0.1) is 0 Å². The highest BCUT2D eigenvalue weighted by atomic mass is 15.3. The fourth-order valence-electron chi connectivity index (χ4n) is 2.30. The van der Waals surface area contributed by atoms with E-state index < -0.39 is 0 Å². The number of hydrogen-bond donors (Lipinski definition) is 1. The van der Waals surface area contributed by atoms with Crippen LogP contribution in [0.15, 0.2) is 6.33 Å². The van der Waals surface area contributed by atoms with E-state index in [4.69, 9.17) is 0 Å². The van der Waals surface area contributed by atoms with Crippen LogP contribution >= 0.6 is 0 Å². The fourth-order valence-corrected chi connectivity index (χ4v) is 2.30. The highest BCUT2D eigenvalue weighted by Crippen LogP contribution is 2.14. The van der Waals surface area contributed by atoms with E-state index in [2.05, 4.69) is 52.7 Å². The van der Waals surface area contributed by atoms with Crippen LogP contribution in [0.1, 0.15) is 39.9 Å². The van der Waals surface area contributed by atoms with Gasteiger partial charge in [0.1, 0.15) is 12.2 Å². The average molecular weight is 251 g/mol. The van der Waals surface area contributed by atoms with Crippen molar-refractivity contribution < 1.29 is 0 Å². The number of nitrogens with one attached hydrogen (secondary N) is 1. The summed E-state index contributed by atoms with van der Waals surface area (Å²) in [6.07, 6.45) is 3.00. The smallest absolute Gasteiger partial charge is 0.147 e. The van der Waals surface area contributed by atoms with Crippen LogP contribution in [0.5, 0.6) is 0 Å². The molecule has 0 radical (unpaired) electrons. The minimum absolute atomic E-state index is 0.210. The fraction of sp³-hybridized carbons (Fsp3) is 0.846. The van der Waals surface area contributed by atoms with Gasteiger partial charge in [-0.1, -0.05) is 0 Å². The Balaban J connectivity index is 1.79. The Morgan fingerprint density at radius 1 is 1.39 bits per heavy atom. The van der Waals surface area contributed by atoms with Gasteiger partial charge in [-0.05, 0) is 40.7 Å². The molecule has 0 spiro atoms. The Morgan fingerprint density at radius 2 is 2.17 bits per heavy atom. The first kappa shape index (κ1) is 13.5. The van der Waals surface area contributed by atoms with E-state index in [1.54, 1.807) is 0 Å². The number of nitrogens with zero attached hydrogens (tertiary/aromatic N) is 4. The highest BCUT2D eigenvalue weighted by Gasteiger charge is 2.21. The standard InChI is InChI=1S/C13H25N5/c1-11(5-6-14-13(2,3)4)17-7-8-18-10-15-16-12(18)9-17/h10-11,14H,5-9H2,1-4H3. The minimum atomic E-state index is 0.210. The molecule has 102 valence electrons. The number of hydrogen-bond acceptors (Lipinski definition) is 4. The summed E-state index contributed by atoms with van der Waals surface area (Å²) in [5.74, 6) is 1.09. The third-order valence-corrected chi connectivity index (χ3v) is 3.51. The number of rotatable bonds is 4. The molecule has 0 amide bonds. The Hall–Kier alpha value is -0.940. The molecule has 18 heavy (non-hydrogen) atoms. The van der Waals surface area contributed by atoms with Crippen molar-refractivity contribution in [1.29, 1.82) is 0 Å². The second-order valence-corrected chi connectivity index (χ2v) is 6.23. The van der Waals surface area contributed by atoms with Crippen LogP contribution in [-0.4, -0.2) is 44.3 Å². The van der Waals surface area contributed by atoms with Crippen LogP contribution in [0.4, 0.5) is 0 Å². The molecule has 1 unspecified atom stereocenters. The summed E-state index contributed by atoms with van der Waals surface area (Å²) in [6.45, 7) is 13.0. The number of aromatic nitrogens is 3. The largest absolute Gasteiger partial charge is 0.315 e. The molecule has 0 fully saturated rings. The zero-order chi connectivity index (χ0) is 13.2. The molecule has 1 aliphatic rings. The molecule has 1 aromatic heterocycles. The second kappa shape index (κ2) is 5.36. The summed E-state index contributed by atoms with van der Waals surface area (Å²) in [5, 5.41) is 11.7. The van der Waals surface area contributed by atoms with Gasteiger partial charge in [0.15, 0.2) is 0 Å². The molecular formula is C13H25N5. The van der Waals surface area contributed by atoms with Crippen molar-refractivity contribution in [2.45, 2.75) is 58.8 Å². The topological polar surface area (TPSA) is 46.0 Å². The van der Waals surface area contributed by atoms with Gasteiger partial charge in [0.05, 0.1) is 6.54 Å². The molecule has 0 saturated carbocycles. The maximum atomic E-state index is 4.16. The van der Waals surface area contributed by atoms with E-state index >= 15 is 0 Å². The van der Waals surface area contributed by atoms with Crippen LogP contribution in [-0.2, 0) is 13.1 Å². The first-order valence-corrected chi connectivity index (χ1v) is 6.81. The van der Waals surface area contributed by atoms with Gasteiger partial charge >= 0.3 is 0 Å². The zero-order valence-electron chi connectivity index (χ0n) is 12.0. The summed E-state index contributed by atoms with van der Waals surface area (Å²) in [6, 6.07) is 0.588. The SMILES string of the molecule is CC(CCNC(C)(C)C)N1CCn2cnnc2C1. The normalized spacial score (nSPS) is 18.7. The molecule has 1 aliphatic heterocycles. The minimum Gasteiger partial charge on any atom is -0.315 e. The average Bonchev–Trinajstić information content (AvgIpc) is 2.73. The van der Waals surface area contributed by atoms with E-state index in [-0.39, 0.29) is 5.54 Å². The lowest BCUT2D eigenvalue weighted by atomic mass is 10.1. The lowest BCUT2D eigenvalue weighted by Crippen LogP contribution is -2.43. The van der Waals surface area contributed by atoms with Gasteiger partial charge in [-0.3, -0.25) is 4.90 Å². The lowest BCUT2D eigenvalue weighted by Gasteiger charge is -2.33. The Kier molecular flexibility index (Phi) is 4.02. The quantitative estimate of drug-likeness (QED) is 0.875. The second-order valence-electron chi connectivity index (χ2n) is 6.23. The van der Waals surface area contributed by atoms with E-state index in [0.29, 0.717) is 6.04 Å².